The zero-order valence-corrected chi connectivity index (χ0v) is 9.97. The number of aliphatic hydroxyl groups is 1. The topological polar surface area (TPSA) is 78.4 Å². The molecule has 0 atom stereocenters. The number of nitrogens with one attached hydrogen (secondary N) is 1. The molecule has 1 aliphatic rings. The van der Waals surface area contributed by atoms with E-state index in [0.717, 1.165) is 6.42 Å². The van der Waals surface area contributed by atoms with Gasteiger partial charge in [-0.25, -0.2) is 0 Å². The summed E-state index contributed by atoms with van der Waals surface area (Å²) < 4.78 is 0. The first-order chi connectivity index (χ1) is 8.08. The summed E-state index contributed by atoms with van der Waals surface area (Å²) in [5, 5.41) is 20.2. The lowest BCUT2D eigenvalue weighted by Gasteiger charge is -2.46. The fraction of sp³-hybridized carbons (Fsp3) is 0.545. The van der Waals surface area contributed by atoms with Crippen LogP contribution < -0.4 is 10.2 Å². The number of carbonyl (C=O) groups excluding carboxylic acids is 1. The Labute approximate surface area is 99.7 Å². The molecule has 1 fully saturated rings. The lowest BCUT2D eigenvalue weighted by atomic mass is 9.91. The summed E-state index contributed by atoms with van der Waals surface area (Å²) in [5.41, 5.74) is -0.302. The molecule has 1 amide bonds. The van der Waals surface area contributed by atoms with Crippen molar-refractivity contribution in [3.8, 4) is 0 Å². The number of amides is 1. The standard InChI is InChI=1S/C11H16N4O2/c1-3-11(17)6-15(7-11)9-5-4-8(13-14-9)10(16)12-2/h4-5,17H,3,6-7H2,1-2H3,(H,12,16). The summed E-state index contributed by atoms with van der Waals surface area (Å²) >= 11 is 0. The van der Waals surface area contributed by atoms with Gasteiger partial charge in [0.1, 0.15) is 0 Å². The molecule has 2 N–H and O–H groups in total. The maximum absolute atomic E-state index is 11.3. The zero-order valence-electron chi connectivity index (χ0n) is 9.97. The van der Waals surface area contributed by atoms with Crippen LogP contribution in [0.2, 0.25) is 0 Å². The Morgan fingerprint density at radius 2 is 2.24 bits per heavy atom. The van der Waals surface area contributed by atoms with E-state index in [1.807, 2.05) is 11.8 Å². The van der Waals surface area contributed by atoms with Crippen LogP contribution in [0.4, 0.5) is 5.82 Å². The van der Waals surface area contributed by atoms with Gasteiger partial charge < -0.3 is 15.3 Å². The monoisotopic (exact) mass is 236 g/mol. The van der Waals surface area contributed by atoms with Crippen LogP contribution in [0.15, 0.2) is 12.1 Å². The maximum atomic E-state index is 11.3. The molecule has 92 valence electrons. The summed E-state index contributed by atoms with van der Waals surface area (Å²) in [6.45, 7) is 3.09. The fourth-order valence-electron chi connectivity index (χ4n) is 1.79. The molecule has 6 heteroatoms. The summed E-state index contributed by atoms with van der Waals surface area (Å²) in [6, 6.07) is 3.37. The fourth-order valence-corrected chi connectivity index (χ4v) is 1.79. The first-order valence-electron chi connectivity index (χ1n) is 5.61. The molecule has 1 aromatic heterocycles. The first kappa shape index (κ1) is 11.8. The highest BCUT2D eigenvalue weighted by Gasteiger charge is 2.40. The molecule has 0 aromatic carbocycles. The van der Waals surface area contributed by atoms with Crippen molar-refractivity contribution in [2.24, 2.45) is 0 Å². The molecule has 1 saturated heterocycles. The molecule has 2 heterocycles. The highest BCUT2D eigenvalue weighted by Crippen LogP contribution is 2.27. The van der Waals surface area contributed by atoms with Crippen molar-refractivity contribution in [2.45, 2.75) is 18.9 Å². The molecule has 0 unspecified atom stereocenters. The molecule has 1 aromatic rings. The largest absolute Gasteiger partial charge is 0.386 e. The quantitative estimate of drug-likeness (QED) is 0.759. The Hall–Kier alpha value is -1.69. The summed E-state index contributed by atoms with van der Waals surface area (Å²) in [5.74, 6) is 0.438. The van der Waals surface area contributed by atoms with E-state index < -0.39 is 5.60 Å². The number of β-amino-alcohol motifs (C(OH)–C–C–N with tert-alkyl or cyclic N) is 1. The highest BCUT2D eigenvalue weighted by molar-refractivity contribution is 5.91. The van der Waals surface area contributed by atoms with Crippen LogP contribution in [0.3, 0.4) is 0 Å². The van der Waals surface area contributed by atoms with Crippen LogP contribution in [0.1, 0.15) is 23.8 Å². The van der Waals surface area contributed by atoms with Gasteiger partial charge in [0.15, 0.2) is 11.5 Å². The average Bonchev–Trinajstić information content (AvgIpc) is 2.34. The lowest BCUT2D eigenvalue weighted by Crippen LogP contribution is -2.61. The maximum Gasteiger partial charge on any atom is 0.271 e. The van der Waals surface area contributed by atoms with Crippen molar-refractivity contribution < 1.29 is 9.90 Å². The van der Waals surface area contributed by atoms with E-state index >= 15 is 0 Å². The van der Waals surface area contributed by atoms with Crippen molar-refractivity contribution in [2.75, 3.05) is 25.0 Å². The van der Waals surface area contributed by atoms with E-state index in [1.54, 1.807) is 19.2 Å². The van der Waals surface area contributed by atoms with E-state index in [2.05, 4.69) is 15.5 Å². The molecule has 0 saturated carbocycles. The Balaban J connectivity index is 2.03. The van der Waals surface area contributed by atoms with E-state index in [1.165, 1.54) is 0 Å². The number of rotatable bonds is 3. The van der Waals surface area contributed by atoms with E-state index in [4.69, 9.17) is 0 Å². The third-order valence-corrected chi connectivity index (χ3v) is 3.06. The van der Waals surface area contributed by atoms with Crippen LogP contribution in [0.5, 0.6) is 0 Å². The summed E-state index contributed by atoms with van der Waals surface area (Å²) in [7, 11) is 1.55. The summed E-state index contributed by atoms with van der Waals surface area (Å²) in [6.07, 6.45) is 0.729. The second-order valence-corrected chi connectivity index (χ2v) is 4.29. The van der Waals surface area contributed by atoms with Gasteiger partial charge in [0.2, 0.25) is 0 Å². The molecule has 17 heavy (non-hydrogen) atoms. The van der Waals surface area contributed by atoms with Crippen LogP contribution in [0, 0.1) is 0 Å². The van der Waals surface area contributed by atoms with Gasteiger partial charge in [0.05, 0.1) is 18.7 Å². The van der Waals surface area contributed by atoms with E-state index in [0.29, 0.717) is 24.6 Å². The summed E-state index contributed by atoms with van der Waals surface area (Å²) in [4.78, 5) is 13.2. The Morgan fingerprint density at radius 1 is 1.53 bits per heavy atom. The van der Waals surface area contributed by atoms with Crippen LogP contribution in [0.25, 0.3) is 0 Å². The van der Waals surface area contributed by atoms with Crippen molar-refractivity contribution in [3.63, 3.8) is 0 Å². The number of hydrogen-bond donors (Lipinski definition) is 2. The smallest absolute Gasteiger partial charge is 0.271 e. The molecule has 0 aliphatic carbocycles. The van der Waals surface area contributed by atoms with Gasteiger partial charge in [-0.05, 0) is 18.6 Å². The van der Waals surface area contributed by atoms with Crippen LogP contribution in [-0.2, 0) is 0 Å². The second-order valence-electron chi connectivity index (χ2n) is 4.29. The van der Waals surface area contributed by atoms with Crippen molar-refractivity contribution in [3.05, 3.63) is 17.8 Å². The van der Waals surface area contributed by atoms with Crippen molar-refractivity contribution in [1.82, 2.24) is 15.5 Å². The average molecular weight is 236 g/mol. The van der Waals surface area contributed by atoms with Crippen LogP contribution in [-0.4, -0.2) is 46.9 Å². The molecule has 0 spiro atoms. The Morgan fingerprint density at radius 3 is 2.71 bits per heavy atom. The van der Waals surface area contributed by atoms with Crippen LogP contribution >= 0.6 is 0 Å². The van der Waals surface area contributed by atoms with Gasteiger partial charge in [-0.1, -0.05) is 6.92 Å². The third kappa shape index (κ3) is 2.21. The predicted octanol–water partition coefficient (Wildman–Crippen LogP) is -0.203. The SMILES string of the molecule is CCC1(O)CN(c2ccc(C(=O)NC)nn2)C1. The minimum absolute atomic E-state index is 0.252. The first-order valence-corrected chi connectivity index (χ1v) is 5.61. The molecular formula is C11H16N4O2. The van der Waals surface area contributed by atoms with Gasteiger partial charge in [0.25, 0.3) is 5.91 Å². The second kappa shape index (κ2) is 4.29. The normalized spacial score (nSPS) is 17.5. The minimum atomic E-state index is -0.596. The van der Waals surface area contributed by atoms with Crippen molar-refractivity contribution in [1.29, 1.82) is 0 Å². The number of carbonyl (C=O) groups is 1. The molecule has 6 nitrogen and oxygen atoms in total. The predicted molar refractivity (Wildman–Crippen MR) is 62.9 cm³/mol. The Kier molecular flexibility index (Phi) is 2.97. The number of hydrogen-bond acceptors (Lipinski definition) is 5. The molecule has 2 rings (SSSR count). The number of aromatic nitrogens is 2. The number of anilines is 1. The number of nitrogens with zero attached hydrogens (tertiary/aromatic N) is 3. The third-order valence-electron chi connectivity index (χ3n) is 3.06. The zero-order chi connectivity index (χ0) is 12.5. The van der Waals surface area contributed by atoms with Gasteiger partial charge in [-0.15, -0.1) is 10.2 Å². The molecule has 0 bridgehead atoms. The van der Waals surface area contributed by atoms with Gasteiger partial charge in [0, 0.05) is 7.05 Å². The van der Waals surface area contributed by atoms with Gasteiger partial charge in [-0.2, -0.15) is 0 Å². The van der Waals surface area contributed by atoms with E-state index in [9.17, 15) is 9.90 Å². The van der Waals surface area contributed by atoms with Crippen molar-refractivity contribution >= 4 is 11.7 Å². The highest BCUT2D eigenvalue weighted by atomic mass is 16.3. The lowest BCUT2D eigenvalue weighted by molar-refractivity contribution is 0.00796. The van der Waals surface area contributed by atoms with E-state index in [-0.39, 0.29) is 5.91 Å². The van der Waals surface area contributed by atoms with Gasteiger partial charge in [-0.3, -0.25) is 4.79 Å². The Bertz CT molecular complexity index is 412. The molecule has 1 aliphatic heterocycles. The molecule has 0 radical (unpaired) electrons. The minimum Gasteiger partial charge on any atom is -0.386 e. The molecular weight excluding hydrogens is 220 g/mol. The van der Waals surface area contributed by atoms with Gasteiger partial charge >= 0.3 is 0 Å².